The van der Waals surface area contributed by atoms with Gasteiger partial charge in [0.2, 0.25) is 0 Å². The fourth-order valence-corrected chi connectivity index (χ4v) is 4.55. The van der Waals surface area contributed by atoms with Crippen LogP contribution in [0.25, 0.3) is 0 Å². The number of halogens is 1. The average molecular weight is 485 g/mol. The van der Waals surface area contributed by atoms with Gasteiger partial charge in [-0.25, -0.2) is 0 Å². The summed E-state index contributed by atoms with van der Waals surface area (Å²) in [6.07, 6.45) is 3.39. The van der Waals surface area contributed by atoms with Crippen molar-refractivity contribution in [1.29, 1.82) is 0 Å². The number of hydrogen-bond donors (Lipinski definition) is 1. The quantitative estimate of drug-likeness (QED) is 0.433. The van der Waals surface area contributed by atoms with E-state index in [1.165, 1.54) is 0 Å². The monoisotopic (exact) mass is 484 g/mol. The van der Waals surface area contributed by atoms with Crippen molar-refractivity contribution < 1.29 is 19.2 Å². The Morgan fingerprint density at radius 3 is 2.65 bits per heavy atom. The third-order valence-corrected chi connectivity index (χ3v) is 6.28. The highest BCUT2D eigenvalue weighted by Gasteiger charge is 2.36. The Morgan fingerprint density at radius 1 is 1.16 bits per heavy atom. The van der Waals surface area contributed by atoms with Crippen molar-refractivity contribution in [3.63, 3.8) is 0 Å². The number of aliphatic hydroxyl groups excluding tert-OH is 1. The van der Waals surface area contributed by atoms with Crippen molar-refractivity contribution in [2.45, 2.75) is 58.8 Å². The molecule has 0 saturated heterocycles. The SMILES string of the molecule is CC1(C)CC(=O)c2c(CCC(O)=C3C(=O)CCCC3=Nc3ccc(Br)cc3)noc2C1. The summed E-state index contributed by atoms with van der Waals surface area (Å²) < 4.78 is 6.39. The lowest BCUT2D eigenvalue weighted by Crippen LogP contribution is -2.26. The number of aliphatic imine (C=N–C) groups is 1. The van der Waals surface area contributed by atoms with Gasteiger partial charge in [0.05, 0.1) is 28.2 Å². The Hall–Kier alpha value is -2.54. The molecule has 0 radical (unpaired) electrons. The topological polar surface area (TPSA) is 92.8 Å². The number of aliphatic hydroxyl groups is 1. The number of fused-ring (bicyclic) bond motifs is 1. The lowest BCUT2D eigenvalue weighted by Gasteiger charge is -2.26. The molecule has 4 rings (SSSR count). The smallest absolute Gasteiger partial charge is 0.168 e. The predicted octanol–water partition coefficient (Wildman–Crippen LogP) is 5.86. The fourth-order valence-electron chi connectivity index (χ4n) is 4.29. The molecule has 2 aliphatic carbocycles. The number of allylic oxidation sites excluding steroid dienone is 2. The molecule has 2 aliphatic rings. The standard InChI is InChI=1S/C24H25BrN2O4/c1-24(2)12-20(30)23-17(27-31-21(23)13-24)10-11-19(29)22-16(4-3-5-18(22)28)26-15-8-6-14(25)7-9-15/h6-9,29H,3-5,10-13H2,1-2H3. The third kappa shape index (κ3) is 4.71. The molecule has 2 aromatic rings. The van der Waals surface area contributed by atoms with Gasteiger partial charge >= 0.3 is 0 Å². The molecule has 31 heavy (non-hydrogen) atoms. The van der Waals surface area contributed by atoms with Crippen molar-refractivity contribution in [3.05, 3.63) is 57.1 Å². The maximum Gasteiger partial charge on any atom is 0.168 e. The number of aryl methyl sites for hydroxylation is 1. The molecule has 1 N–H and O–H groups in total. The summed E-state index contributed by atoms with van der Waals surface area (Å²) in [7, 11) is 0. The van der Waals surface area contributed by atoms with Crippen molar-refractivity contribution in [3.8, 4) is 0 Å². The van der Waals surface area contributed by atoms with Crippen molar-refractivity contribution >= 4 is 38.9 Å². The summed E-state index contributed by atoms with van der Waals surface area (Å²) in [5, 5.41) is 14.9. The minimum absolute atomic E-state index is 0.000833. The maximum absolute atomic E-state index is 12.6. The molecule has 0 amide bonds. The van der Waals surface area contributed by atoms with E-state index in [0.29, 0.717) is 66.8 Å². The van der Waals surface area contributed by atoms with Crippen LogP contribution in [0, 0.1) is 5.41 Å². The van der Waals surface area contributed by atoms with Crippen LogP contribution in [0.4, 0.5) is 5.69 Å². The molecule has 1 heterocycles. The van der Waals surface area contributed by atoms with Crippen LogP contribution in [0.2, 0.25) is 0 Å². The molecular formula is C24H25BrN2O4. The van der Waals surface area contributed by atoms with Crippen LogP contribution in [0.1, 0.15) is 67.8 Å². The van der Waals surface area contributed by atoms with Gasteiger partial charge in [0.15, 0.2) is 11.6 Å². The van der Waals surface area contributed by atoms with Gasteiger partial charge in [-0.2, -0.15) is 0 Å². The summed E-state index contributed by atoms with van der Waals surface area (Å²) in [5.74, 6) is 0.552. The van der Waals surface area contributed by atoms with E-state index in [-0.39, 0.29) is 29.2 Å². The first-order valence-electron chi connectivity index (χ1n) is 10.5. The van der Waals surface area contributed by atoms with Gasteiger partial charge in [0.25, 0.3) is 0 Å². The van der Waals surface area contributed by atoms with Crippen LogP contribution < -0.4 is 0 Å². The number of rotatable bonds is 4. The highest BCUT2D eigenvalue weighted by molar-refractivity contribution is 9.10. The first-order valence-corrected chi connectivity index (χ1v) is 11.3. The number of carbonyl (C=O) groups is 2. The van der Waals surface area contributed by atoms with Crippen LogP contribution in [-0.4, -0.2) is 27.5 Å². The fraction of sp³-hybridized carbons (Fsp3) is 0.417. The number of nitrogens with zero attached hydrogens (tertiary/aromatic N) is 2. The first-order chi connectivity index (χ1) is 14.7. The molecule has 0 bridgehead atoms. The van der Waals surface area contributed by atoms with Crippen LogP contribution in [0.15, 0.2) is 49.6 Å². The number of benzene rings is 1. The van der Waals surface area contributed by atoms with E-state index in [4.69, 9.17) is 4.52 Å². The Kier molecular flexibility index (Phi) is 5.97. The largest absolute Gasteiger partial charge is 0.511 e. The molecule has 0 atom stereocenters. The average Bonchev–Trinajstić information content (AvgIpc) is 3.10. The zero-order chi connectivity index (χ0) is 22.2. The maximum atomic E-state index is 12.6. The second-order valence-corrected chi connectivity index (χ2v) is 9.92. The highest BCUT2D eigenvalue weighted by atomic mass is 79.9. The lowest BCUT2D eigenvalue weighted by atomic mass is 9.76. The lowest BCUT2D eigenvalue weighted by molar-refractivity contribution is -0.115. The van der Waals surface area contributed by atoms with Gasteiger partial charge < -0.3 is 9.63 Å². The van der Waals surface area contributed by atoms with E-state index in [2.05, 4.69) is 26.1 Å². The second kappa shape index (κ2) is 8.54. The van der Waals surface area contributed by atoms with Gasteiger partial charge in [-0.3, -0.25) is 14.6 Å². The second-order valence-electron chi connectivity index (χ2n) is 9.00. The Balaban J connectivity index is 1.58. The Labute approximate surface area is 189 Å². The molecule has 1 aromatic heterocycles. The van der Waals surface area contributed by atoms with E-state index in [1.54, 1.807) is 0 Å². The number of carbonyl (C=O) groups excluding carboxylic acids is 2. The van der Waals surface area contributed by atoms with Crippen LogP contribution >= 0.6 is 15.9 Å². The van der Waals surface area contributed by atoms with E-state index in [1.807, 2.05) is 38.1 Å². The first kappa shape index (κ1) is 21.7. The van der Waals surface area contributed by atoms with Crippen molar-refractivity contribution in [1.82, 2.24) is 5.16 Å². The normalized spacial score (nSPS) is 21.3. The highest BCUT2D eigenvalue weighted by Crippen LogP contribution is 2.36. The van der Waals surface area contributed by atoms with E-state index < -0.39 is 0 Å². The number of Topliss-reactive ketones (excluding diaryl/α,β-unsaturated/α-hetero) is 2. The van der Waals surface area contributed by atoms with Gasteiger partial charge in [-0.15, -0.1) is 0 Å². The summed E-state index contributed by atoms with van der Waals surface area (Å²) in [6, 6.07) is 7.50. The number of ketones is 2. The van der Waals surface area contributed by atoms with Crippen molar-refractivity contribution in [2.24, 2.45) is 10.4 Å². The van der Waals surface area contributed by atoms with Gasteiger partial charge in [0, 0.05) is 36.6 Å². The van der Waals surface area contributed by atoms with Gasteiger partial charge in [0.1, 0.15) is 11.5 Å². The van der Waals surface area contributed by atoms with E-state index in [0.717, 1.165) is 10.2 Å². The van der Waals surface area contributed by atoms with E-state index >= 15 is 0 Å². The minimum Gasteiger partial charge on any atom is -0.511 e. The summed E-state index contributed by atoms with van der Waals surface area (Å²) in [5.41, 5.74) is 2.61. The molecule has 7 heteroatoms. The minimum atomic E-state index is -0.141. The van der Waals surface area contributed by atoms with Crippen molar-refractivity contribution in [2.75, 3.05) is 0 Å². The third-order valence-electron chi connectivity index (χ3n) is 5.75. The zero-order valence-corrected chi connectivity index (χ0v) is 19.3. The molecular weight excluding hydrogens is 460 g/mol. The summed E-state index contributed by atoms with van der Waals surface area (Å²) in [6.45, 7) is 4.07. The molecule has 1 saturated carbocycles. The Bertz CT molecular complexity index is 1090. The van der Waals surface area contributed by atoms with Crippen LogP contribution in [0.3, 0.4) is 0 Å². The molecule has 0 unspecified atom stereocenters. The molecule has 6 nitrogen and oxygen atoms in total. The Morgan fingerprint density at radius 2 is 1.90 bits per heavy atom. The molecule has 162 valence electrons. The number of aromatic nitrogens is 1. The van der Waals surface area contributed by atoms with Crippen LogP contribution in [0.5, 0.6) is 0 Å². The van der Waals surface area contributed by atoms with Crippen LogP contribution in [-0.2, 0) is 17.6 Å². The predicted molar refractivity (Wildman–Crippen MR) is 121 cm³/mol. The summed E-state index contributed by atoms with van der Waals surface area (Å²) in [4.78, 5) is 29.8. The van der Waals surface area contributed by atoms with Gasteiger partial charge in [-0.05, 0) is 42.5 Å². The molecule has 0 aliphatic heterocycles. The molecule has 1 fully saturated rings. The summed E-state index contributed by atoms with van der Waals surface area (Å²) >= 11 is 3.40. The van der Waals surface area contributed by atoms with E-state index in [9.17, 15) is 14.7 Å². The zero-order valence-electron chi connectivity index (χ0n) is 17.7. The molecule has 0 spiro atoms. The number of hydrogen-bond acceptors (Lipinski definition) is 6. The van der Waals surface area contributed by atoms with Gasteiger partial charge in [-0.1, -0.05) is 34.9 Å². The molecule has 1 aromatic carbocycles.